The van der Waals surface area contributed by atoms with Crippen LogP contribution in [0.5, 0.6) is 5.75 Å². The van der Waals surface area contributed by atoms with Gasteiger partial charge in [-0.1, -0.05) is 24.3 Å². The Labute approximate surface area is 192 Å². The molecule has 4 rings (SSSR count). The Kier molecular flexibility index (Phi) is 7.00. The minimum atomic E-state index is -0.232. The first-order valence-electron chi connectivity index (χ1n) is 10.8. The van der Waals surface area contributed by atoms with Crippen molar-refractivity contribution in [2.75, 3.05) is 17.2 Å². The lowest BCUT2D eigenvalue weighted by Gasteiger charge is -2.31. The first kappa shape index (κ1) is 22.2. The Morgan fingerprint density at radius 2 is 1.78 bits per heavy atom. The minimum Gasteiger partial charge on any atom is -0.491 e. The Bertz CT molecular complexity index is 1070. The van der Waals surface area contributed by atoms with Gasteiger partial charge in [0.1, 0.15) is 11.6 Å². The number of hydrogen-bond donors (Lipinski definition) is 1. The smallest absolute Gasteiger partial charge is 0.251 e. The van der Waals surface area contributed by atoms with Gasteiger partial charge in [0.05, 0.1) is 11.8 Å². The van der Waals surface area contributed by atoms with Crippen molar-refractivity contribution in [3.05, 3.63) is 89.2 Å². The van der Waals surface area contributed by atoms with Crippen molar-refractivity contribution < 1.29 is 13.9 Å². The number of nitrogens with zero attached hydrogens (tertiary/aromatic N) is 1. The summed E-state index contributed by atoms with van der Waals surface area (Å²) in [6, 6.07) is 20.2. The zero-order chi connectivity index (χ0) is 22.5. The molecule has 0 saturated heterocycles. The highest BCUT2D eigenvalue weighted by atomic mass is 32.2. The molecule has 3 aromatic carbocycles. The van der Waals surface area contributed by atoms with Gasteiger partial charge >= 0.3 is 0 Å². The average Bonchev–Trinajstić information content (AvgIpc) is 2.79. The van der Waals surface area contributed by atoms with E-state index in [-0.39, 0.29) is 17.8 Å². The Morgan fingerprint density at radius 3 is 2.50 bits per heavy atom. The van der Waals surface area contributed by atoms with Gasteiger partial charge in [0.25, 0.3) is 5.91 Å². The van der Waals surface area contributed by atoms with Crippen molar-refractivity contribution in [3.63, 3.8) is 0 Å². The molecule has 0 bridgehead atoms. The number of nitrogens with one attached hydrogen (secondary N) is 1. The molecule has 1 N–H and O–H groups in total. The third kappa shape index (κ3) is 5.62. The van der Waals surface area contributed by atoms with Gasteiger partial charge in [0.15, 0.2) is 0 Å². The van der Waals surface area contributed by atoms with E-state index in [1.807, 2.05) is 68.4 Å². The van der Waals surface area contributed by atoms with E-state index in [0.717, 1.165) is 39.8 Å². The largest absolute Gasteiger partial charge is 0.491 e. The van der Waals surface area contributed by atoms with E-state index in [0.29, 0.717) is 18.7 Å². The number of benzene rings is 3. The molecule has 0 aliphatic carbocycles. The molecule has 0 unspecified atom stereocenters. The van der Waals surface area contributed by atoms with Gasteiger partial charge < -0.3 is 15.0 Å². The fourth-order valence-electron chi connectivity index (χ4n) is 3.63. The molecule has 1 heterocycles. The van der Waals surface area contributed by atoms with Gasteiger partial charge in [-0.3, -0.25) is 4.79 Å². The van der Waals surface area contributed by atoms with Crippen molar-refractivity contribution >= 4 is 23.4 Å². The molecule has 1 aliphatic rings. The number of carbonyl (C=O) groups excluding carboxylic acids is 1. The third-order valence-electron chi connectivity index (χ3n) is 5.22. The molecule has 3 aromatic rings. The summed E-state index contributed by atoms with van der Waals surface area (Å²) in [5.74, 6) is 1.47. The maximum absolute atomic E-state index is 13.2. The number of anilines is 1. The van der Waals surface area contributed by atoms with Crippen molar-refractivity contribution in [2.24, 2.45) is 0 Å². The van der Waals surface area contributed by atoms with Crippen molar-refractivity contribution in [1.29, 1.82) is 0 Å². The first-order valence-corrected chi connectivity index (χ1v) is 11.8. The van der Waals surface area contributed by atoms with E-state index in [1.165, 1.54) is 12.1 Å². The summed E-state index contributed by atoms with van der Waals surface area (Å²) in [5.41, 5.74) is 3.74. The van der Waals surface area contributed by atoms with Crippen LogP contribution in [0.4, 0.5) is 10.1 Å². The summed E-state index contributed by atoms with van der Waals surface area (Å²) >= 11 is 1.80. The molecule has 6 heteroatoms. The highest BCUT2D eigenvalue weighted by molar-refractivity contribution is 7.99. The molecular weight excluding hydrogens is 423 g/mol. The molecule has 0 aromatic heterocycles. The lowest BCUT2D eigenvalue weighted by molar-refractivity contribution is 0.0951. The summed E-state index contributed by atoms with van der Waals surface area (Å²) in [7, 11) is 0. The zero-order valence-corrected chi connectivity index (χ0v) is 19.1. The van der Waals surface area contributed by atoms with E-state index in [1.54, 1.807) is 11.8 Å². The van der Waals surface area contributed by atoms with Crippen LogP contribution in [-0.2, 0) is 13.1 Å². The van der Waals surface area contributed by atoms with Crippen LogP contribution >= 0.6 is 11.8 Å². The van der Waals surface area contributed by atoms with Crippen LogP contribution < -0.4 is 15.0 Å². The van der Waals surface area contributed by atoms with Crippen molar-refractivity contribution in [1.82, 2.24) is 5.32 Å². The lowest BCUT2D eigenvalue weighted by atomic mass is 10.1. The molecule has 0 fully saturated rings. The average molecular weight is 451 g/mol. The second-order valence-electron chi connectivity index (χ2n) is 8.07. The van der Waals surface area contributed by atoms with Gasteiger partial charge in [0, 0.05) is 35.8 Å². The number of amides is 1. The molecular formula is C26H27FN2O2S. The summed E-state index contributed by atoms with van der Waals surface area (Å²) in [4.78, 5) is 16.2. The van der Waals surface area contributed by atoms with Crippen LogP contribution in [0.2, 0.25) is 0 Å². The van der Waals surface area contributed by atoms with Crippen LogP contribution in [0.1, 0.15) is 35.3 Å². The molecule has 1 amide bonds. The Balaban J connectivity index is 1.43. The monoisotopic (exact) mass is 450 g/mol. The van der Waals surface area contributed by atoms with E-state index >= 15 is 0 Å². The van der Waals surface area contributed by atoms with Crippen LogP contribution in [0, 0.1) is 5.82 Å². The van der Waals surface area contributed by atoms with Crippen molar-refractivity contribution in [2.45, 2.75) is 37.9 Å². The van der Waals surface area contributed by atoms with Gasteiger partial charge in [-0.05, 0) is 67.4 Å². The van der Waals surface area contributed by atoms with Crippen LogP contribution in [0.15, 0.2) is 71.6 Å². The summed E-state index contributed by atoms with van der Waals surface area (Å²) in [6.07, 6.45) is 0.130. The standard InChI is InChI=1S/C26H27FN2O2S/c1-18(2)31-23-10-5-19(6-11-23)16-28-26(30)21-7-12-25-24(15-21)29(13-14-32-25)17-20-3-8-22(27)9-4-20/h3-12,15,18H,13-14,16-17H2,1-2H3,(H,28,30). The number of halogens is 1. The first-order chi connectivity index (χ1) is 15.5. The molecule has 4 nitrogen and oxygen atoms in total. The highest BCUT2D eigenvalue weighted by Gasteiger charge is 2.19. The maximum atomic E-state index is 13.2. The maximum Gasteiger partial charge on any atom is 0.251 e. The predicted molar refractivity (Wildman–Crippen MR) is 128 cm³/mol. The van der Waals surface area contributed by atoms with Crippen molar-refractivity contribution in [3.8, 4) is 5.75 Å². The predicted octanol–water partition coefficient (Wildman–Crippen LogP) is 5.66. The van der Waals surface area contributed by atoms with Crippen LogP contribution in [0.25, 0.3) is 0 Å². The number of ether oxygens (including phenoxy) is 1. The number of hydrogen-bond acceptors (Lipinski definition) is 4. The molecule has 166 valence electrons. The Hall–Kier alpha value is -2.99. The number of thioether (sulfide) groups is 1. The number of carbonyl (C=O) groups is 1. The zero-order valence-electron chi connectivity index (χ0n) is 18.3. The van der Waals surface area contributed by atoms with E-state index in [2.05, 4.69) is 10.2 Å². The fraction of sp³-hybridized carbons (Fsp3) is 0.269. The molecule has 0 radical (unpaired) electrons. The molecule has 0 atom stereocenters. The van der Waals surface area contributed by atoms with Gasteiger partial charge in [0.2, 0.25) is 0 Å². The summed E-state index contributed by atoms with van der Waals surface area (Å²) < 4.78 is 18.9. The number of fused-ring (bicyclic) bond motifs is 1. The molecule has 32 heavy (non-hydrogen) atoms. The van der Waals surface area contributed by atoms with E-state index < -0.39 is 0 Å². The van der Waals surface area contributed by atoms with Crippen LogP contribution in [-0.4, -0.2) is 24.3 Å². The quantitative estimate of drug-likeness (QED) is 0.505. The third-order valence-corrected chi connectivity index (χ3v) is 6.26. The summed E-state index contributed by atoms with van der Waals surface area (Å²) in [5, 5.41) is 3.01. The van der Waals surface area contributed by atoms with Gasteiger partial charge in [-0.15, -0.1) is 11.8 Å². The topological polar surface area (TPSA) is 41.6 Å². The lowest BCUT2D eigenvalue weighted by Crippen LogP contribution is -2.29. The molecule has 0 spiro atoms. The van der Waals surface area contributed by atoms with E-state index in [9.17, 15) is 9.18 Å². The molecule has 1 aliphatic heterocycles. The van der Waals surface area contributed by atoms with E-state index in [4.69, 9.17) is 4.74 Å². The highest BCUT2D eigenvalue weighted by Crippen LogP contribution is 2.36. The van der Waals surface area contributed by atoms with Gasteiger partial charge in [-0.25, -0.2) is 4.39 Å². The number of rotatable bonds is 7. The normalized spacial score (nSPS) is 13.1. The molecule has 0 saturated carbocycles. The minimum absolute atomic E-state index is 0.104. The Morgan fingerprint density at radius 1 is 1.06 bits per heavy atom. The SMILES string of the molecule is CC(C)Oc1ccc(CNC(=O)c2ccc3c(c2)N(Cc2ccc(F)cc2)CCS3)cc1. The van der Waals surface area contributed by atoms with Gasteiger partial charge in [-0.2, -0.15) is 0 Å². The second-order valence-corrected chi connectivity index (χ2v) is 9.21. The van der Waals surface area contributed by atoms with Crippen LogP contribution in [0.3, 0.4) is 0 Å². The summed E-state index contributed by atoms with van der Waals surface area (Å²) in [6.45, 7) is 6.00. The fourth-order valence-corrected chi connectivity index (χ4v) is 4.66. The second kappa shape index (κ2) is 10.1.